The molecule has 2 atom stereocenters. The Bertz CT molecular complexity index is 851. The molecule has 0 saturated carbocycles. The summed E-state index contributed by atoms with van der Waals surface area (Å²) in [5, 5.41) is 19.3. The number of amides is 1. The maximum Gasteiger partial charge on any atom is 0.340 e. The maximum atomic E-state index is 14.0. The van der Waals surface area contributed by atoms with Crippen LogP contribution in [0.2, 0.25) is 0 Å². The first-order valence-corrected chi connectivity index (χ1v) is 7.13. The van der Waals surface area contributed by atoms with E-state index in [2.05, 4.69) is 0 Å². The molecule has 6 nitrogen and oxygen atoms in total. The van der Waals surface area contributed by atoms with Gasteiger partial charge in [0.1, 0.15) is 17.4 Å². The summed E-state index contributed by atoms with van der Waals surface area (Å²) in [6.45, 7) is -0.140. The van der Waals surface area contributed by atoms with E-state index >= 15 is 0 Å². The van der Waals surface area contributed by atoms with Gasteiger partial charge in [0, 0.05) is 18.2 Å². The van der Waals surface area contributed by atoms with Crippen LogP contribution in [-0.2, 0) is 0 Å². The van der Waals surface area contributed by atoms with E-state index in [4.69, 9.17) is 4.42 Å². The summed E-state index contributed by atoms with van der Waals surface area (Å²) in [7, 11) is 0. The lowest BCUT2D eigenvalue weighted by atomic mass is 10.0. The number of aliphatic hydroxyl groups is 1. The Kier molecular flexibility index (Phi) is 4.06. The lowest BCUT2D eigenvalue weighted by molar-refractivity contribution is 0.0675. The first kappa shape index (κ1) is 16.1. The van der Waals surface area contributed by atoms with Crippen molar-refractivity contribution in [1.82, 2.24) is 4.90 Å². The second-order valence-electron chi connectivity index (χ2n) is 5.53. The molecule has 0 spiro atoms. The van der Waals surface area contributed by atoms with Gasteiger partial charge in [0.15, 0.2) is 5.76 Å². The van der Waals surface area contributed by atoms with Crippen LogP contribution in [0, 0.1) is 11.6 Å². The van der Waals surface area contributed by atoms with Crippen molar-refractivity contribution in [1.29, 1.82) is 0 Å². The second kappa shape index (κ2) is 6.04. The van der Waals surface area contributed by atoms with Gasteiger partial charge in [-0.1, -0.05) is 0 Å². The second-order valence-corrected chi connectivity index (χ2v) is 5.53. The minimum absolute atomic E-state index is 0.00909. The van der Waals surface area contributed by atoms with Gasteiger partial charge < -0.3 is 19.5 Å². The molecule has 1 aromatic heterocycles. The highest BCUT2D eigenvalue weighted by Crippen LogP contribution is 2.35. The first-order chi connectivity index (χ1) is 11.3. The van der Waals surface area contributed by atoms with Crippen molar-refractivity contribution >= 4 is 5.91 Å². The molecule has 126 valence electrons. The number of hydrogen-bond acceptors (Lipinski definition) is 5. The Morgan fingerprint density at radius 2 is 2.00 bits per heavy atom. The summed E-state index contributed by atoms with van der Waals surface area (Å²) in [4.78, 5) is 24.9. The standard InChI is InChI=1S/C16H13F2NO5/c17-8-1-2-12(18)11(3-8)13-4-10(21)7-19(13)16(23)14-5-9(20)6-15(22)24-14/h1-3,5-6,10,13,20-21H,4,7H2/t10-,13-/m0/s1. The molecule has 0 bridgehead atoms. The fourth-order valence-electron chi connectivity index (χ4n) is 2.81. The van der Waals surface area contributed by atoms with Crippen molar-refractivity contribution in [3.8, 4) is 5.75 Å². The fraction of sp³-hybridized carbons (Fsp3) is 0.250. The number of aliphatic hydroxyl groups excluding tert-OH is 1. The SMILES string of the molecule is O=C(c1cc(O)cc(=O)o1)N1C[C@@H](O)C[C@H]1c1cc(F)ccc1F. The van der Waals surface area contributed by atoms with E-state index in [0.717, 1.165) is 35.2 Å². The van der Waals surface area contributed by atoms with Crippen LogP contribution >= 0.6 is 0 Å². The average molecular weight is 337 g/mol. The predicted molar refractivity (Wildman–Crippen MR) is 77.4 cm³/mol. The highest BCUT2D eigenvalue weighted by atomic mass is 19.1. The third kappa shape index (κ3) is 3.00. The lowest BCUT2D eigenvalue weighted by Gasteiger charge is -2.24. The molecule has 1 fully saturated rings. The molecule has 1 aromatic carbocycles. The van der Waals surface area contributed by atoms with Crippen molar-refractivity contribution in [3.63, 3.8) is 0 Å². The zero-order valence-electron chi connectivity index (χ0n) is 12.3. The molecule has 3 rings (SSSR count). The van der Waals surface area contributed by atoms with Gasteiger partial charge in [-0.15, -0.1) is 0 Å². The summed E-state index contributed by atoms with van der Waals surface area (Å²) in [5.74, 6) is -3.11. The number of likely N-dealkylation sites (tertiary alicyclic amines) is 1. The number of halogens is 2. The Morgan fingerprint density at radius 3 is 2.71 bits per heavy atom. The largest absolute Gasteiger partial charge is 0.508 e. The quantitative estimate of drug-likeness (QED) is 0.868. The summed E-state index contributed by atoms with van der Waals surface area (Å²) in [6, 6.07) is 3.66. The number of hydrogen-bond donors (Lipinski definition) is 2. The fourth-order valence-corrected chi connectivity index (χ4v) is 2.81. The summed E-state index contributed by atoms with van der Waals surface area (Å²) in [6.07, 6.45) is -0.930. The van der Waals surface area contributed by atoms with Crippen LogP contribution in [0.5, 0.6) is 5.75 Å². The molecular formula is C16H13F2NO5. The lowest BCUT2D eigenvalue weighted by Crippen LogP contribution is -2.32. The number of β-amino-alcohol motifs (C(OH)–C–C–N with tert-alkyl or cyclic N) is 1. The third-order valence-corrected chi connectivity index (χ3v) is 3.82. The normalized spacial score (nSPS) is 20.4. The van der Waals surface area contributed by atoms with Crippen LogP contribution in [0.25, 0.3) is 0 Å². The molecule has 1 aliphatic heterocycles. The maximum absolute atomic E-state index is 14.0. The zero-order chi connectivity index (χ0) is 17.4. The van der Waals surface area contributed by atoms with Crippen molar-refractivity contribution in [2.24, 2.45) is 0 Å². The van der Waals surface area contributed by atoms with Crippen LogP contribution in [0.1, 0.15) is 28.6 Å². The van der Waals surface area contributed by atoms with Gasteiger partial charge in [0.2, 0.25) is 0 Å². The molecule has 0 radical (unpaired) electrons. The summed E-state index contributed by atoms with van der Waals surface area (Å²) < 4.78 is 32.2. The Hall–Kier alpha value is -2.74. The van der Waals surface area contributed by atoms with Gasteiger partial charge in [0.25, 0.3) is 5.91 Å². The number of carbonyl (C=O) groups is 1. The van der Waals surface area contributed by atoms with Crippen molar-refractivity contribution in [3.05, 3.63) is 63.7 Å². The van der Waals surface area contributed by atoms with Crippen molar-refractivity contribution in [2.45, 2.75) is 18.6 Å². The highest BCUT2D eigenvalue weighted by Gasteiger charge is 2.38. The number of rotatable bonds is 2. The van der Waals surface area contributed by atoms with Crippen LogP contribution < -0.4 is 5.63 Å². The average Bonchev–Trinajstić information content (AvgIpc) is 2.89. The Morgan fingerprint density at radius 1 is 1.25 bits per heavy atom. The Balaban J connectivity index is 2.00. The van der Waals surface area contributed by atoms with E-state index in [1.807, 2.05) is 0 Å². The monoisotopic (exact) mass is 337 g/mol. The number of nitrogens with zero attached hydrogens (tertiary/aromatic N) is 1. The molecule has 24 heavy (non-hydrogen) atoms. The molecule has 2 aromatic rings. The van der Waals surface area contributed by atoms with Crippen LogP contribution in [0.3, 0.4) is 0 Å². The van der Waals surface area contributed by atoms with Gasteiger partial charge in [0.05, 0.1) is 18.2 Å². The van der Waals surface area contributed by atoms with E-state index in [-0.39, 0.29) is 18.5 Å². The molecule has 0 unspecified atom stereocenters. The highest BCUT2D eigenvalue weighted by molar-refractivity contribution is 5.92. The van der Waals surface area contributed by atoms with Gasteiger partial charge in [-0.25, -0.2) is 13.6 Å². The summed E-state index contributed by atoms with van der Waals surface area (Å²) >= 11 is 0. The third-order valence-electron chi connectivity index (χ3n) is 3.82. The molecule has 8 heteroatoms. The van der Waals surface area contributed by atoms with Gasteiger partial charge in [-0.2, -0.15) is 0 Å². The molecule has 2 N–H and O–H groups in total. The molecule has 1 amide bonds. The number of carbonyl (C=O) groups excluding carboxylic acids is 1. The van der Waals surface area contributed by atoms with Crippen LogP contribution in [-0.4, -0.2) is 33.7 Å². The predicted octanol–water partition coefficient (Wildman–Crippen LogP) is 1.57. The molecule has 1 aliphatic rings. The molecule has 2 heterocycles. The minimum atomic E-state index is -0.939. The summed E-state index contributed by atoms with van der Waals surface area (Å²) in [5.41, 5.74) is -1.01. The van der Waals surface area contributed by atoms with E-state index in [0.29, 0.717) is 0 Å². The van der Waals surface area contributed by atoms with Gasteiger partial charge in [-0.05, 0) is 24.6 Å². The minimum Gasteiger partial charge on any atom is -0.508 e. The Labute approximate surface area is 134 Å². The molecular weight excluding hydrogens is 324 g/mol. The first-order valence-electron chi connectivity index (χ1n) is 7.13. The molecule has 1 saturated heterocycles. The van der Waals surface area contributed by atoms with E-state index < -0.39 is 46.8 Å². The van der Waals surface area contributed by atoms with Crippen molar-refractivity contribution in [2.75, 3.05) is 6.54 Å². The van der Waals surface area contributed by atoms with Crippen LogP contribution in [0.4, 0.5) is 8.78 Å². The topological polar surface area (TPSA) is 91.0 Å². The molecule has 0 aliphatic carbocycles. The van der Waals surface area contributed by atoms with E-state index in [1.165, 1.54) is 0 Å². The van der Waals surface area contributed by atoms with E-state index in [9.17, 15) is 28.6 Å². The van der Waals surface area contributed by atoms with Crippen molar-refractivity contribution < 1.29 is 28.2 Å². The smallest absolute Gasteiger partial charge is 0.340 e. The number of aromatic hydroxyl groups is 1. The van der Waals surface area contributed by atoms with Crippen LogP contribution in [0.15, 0.2) is 39.5 Å². The number of benzene rings is 1. The van der Waals surface area contributed by atoms with E-state index in [1.54, 1.807) is 0 Å². The van der Waals surface area contributed by atoms with Gasteiger partial charge >= 0.3 is 5.63 Å². The zero-order valence-corrected chi connectivity index (χ0v) is 12.3. The van der Waals surface area contributed by atoms with Gasteiger partial charge in [-0.3, -0.25) is 4.79 Å².